The molecule has 3 aromatic rings. The van der Waals surface area contributed by atoms with E-state index in [0.29, 0.717) is 15.6 Å². The average Bonchev–Trinajstić information content (AvgIpc) is 2.86. The second-order valence-electron chi connectivity index (χ2n) is 4.57. The van der Waals surface area contributed by atoms with Gasteiger partial charge in [-0.3, -0.25) is 4.79 Å². The molecule has 4 heteroatoms. The molecule has 0 aliphatic carbocycles. The van der Waals surface area contributed by atoms with Crippen LogP contribution in [0.5, 0.6) is 0 Å². The van der Waals surface area contributed by atoms with E-state index in [2.05, 4.69) is 0 Å². The van der Waals surface area contributed by atoms with E-state index >= 15 is 0 Å². The molecule has 2 nitrogen and oxygen atoms in total. The van der Waals surface area contributed by atoms with Gasteiger partial charge in [-0.05, 0) is 23.3 Å². The molecule has 0 bridgehead atoms. The predicted molar refractivity (Wildman–Crippen MR) is 90.0 cm³/mol. The van der Waals surface area contributed by atoms with Crippen molar-refractivity contribution < 1.29 is 4.79 Å². The molecule has 0 atom stereocenters. The highest BCUT2D eigenvalue weighted by molar-refractivity contribution is 7.18. The van der Waals surface area contributed by atoms with Crippen molar-refractivity contribution in [1.82, 2.24) is 0 Å². The van der Waals surface area contributed by atoms with Gasteiger partial charge in [-0.15, -0.1) is 11.3 Å². The van der Waals surface area contributed by atoms with Gasteiger partial charge in [0.2, 0.25) is 0 Å². The highest BCUT2D eigenvalue weighted by Gasteiger charge is 2.18. The van der Waals surface area contributed by atoms with Crippen LogP contribution < -0.4 is 5.73 Å². The molecule has 0 aliphatic heterocycles. The number of nitrogen functional groups attached to an aromatic ring is 1. The zero-order chi connectivity index (χ0) is 14.8. The van der Waals surface area contributed by atoms with E-state index < -0.39 is 0 Å². The minimum absolute atomic E-state index is 0.633. The molecule has 0 unspecified atom stereocenters. The first-order chi connectivity index (χ1) is 10.2. The Morgan fingerprint density at radius 1 is 0.952 bits per heavy atom. The lowest BCUT2D eigenvalue weighted by Crippen LogP contribution is -1.90. The fraction of sp³-hybridized carbons (Fsp3) is 0. The van der Waals surface area contributed by atoms with E-state index in [0.717, 1.165) is 27.9 Å². The van der Waals surface area contributed by atoms with Gasteiger partial charge in [-0.25, -0.2) is 0 Å². The summed E-state index contributed by atoms with van der Waals surface area (Å²) in [6.45, 7) is 0. The summed E-state index contributed by atoms with van der Waals surface area (Å²) >= 11 is 7.33. The van der Waals surface area contributed by atoms with E-state index in [1.165, 1.54) is 11.3 Å². The number of nitrogens with two attached hydrogens (primary N) is 1. The highest BCUT2D eigenvalue weighted by atomic mass is 35.5. The van der Waals surface area contributed by atoms with E-state index in [-0.39, 0.29) is 0 Å². The van der Waals surface area contributed by atoms with Crippen LogP contribution >= 0.6 is 22.9 Å². The van der Waals surface area contributed by atoms with Gasteiger partial charge in [0.15, 0.2) is 6.29 Å². The van der Waals surface area contributed by atoms with Crippen LogP contribution in [0.25, 0.3) is 21.6 Å². The molecule has 2 aromatic carbocycles. The van der Waals surface area contributed by atoms with Crippen molar-refractivity contribution in [2.45, 2.75) is 0 Å². The van der Waals surface area contributed by atoms with Crippen molar-refractivity contribution in [3.63, 3.8) is 0 Å². The van der Waals surface area contributed by atoms with Gasteiger partial charge >= 0.3 is 0 Å². The normalized spacial score (nSPS) is 10.5. The third-order valence-electron chi connectivity index (χ3n) is 3.25. The smallest absolute Gasteiger partial charge is 0.160 e. The maximum absolute atomic E-state index is 11.4. The van der Waals surface area contributed by atoms with Crippen LogP contribution in [0.2, 0.25) is 5.02 Å². The maximum Gasteiger partial charge on any atom is 0.160 e. The van der Waals surface area contributed by atoms with Crippen molar-refractivity contribution in [2.24, 2.45) is 0 Å². The van der Waals surface area contributed by atoms with Crippen LogP contribution in [-0.4, -0.2) is 6.29 Å². The third kappa shape index (κ3) is 2.58. The van der Waals surface area contributed by atoms with Crippen molar-refractivity contribution in [3.8, 4) is 21.6 Å². The number of thiophene rings is 1. The van der Waals surface area contributed by atoms with Crippen molar-refractivity contribution in [2.75, 3.05) is 5.73 Å². The fourth-order valence-electron chi connectivity index (χ4n) is 2.26. The molecule has 0 amide bonds. The number of rotatable bonds is 3. The van der Waals surface area contributed by atoms with Crippen molar-refractivity contribution in [3.05, 3.63) is 64.5 Å². The fourth-order valence-corrected chi connectivity index (χ4v) is 3.45. The molecule has 3 rings (SSSR count). The summed E-state index contributed by atoms with van der Waals surface area (Å²) < 4.78 is 0. The van der Waals surface area contributed by atoms with Gasteiger partial charge in [0.25, 0.3) is 0 Å². The molecule has 1 aromatic heterocycles. The Morgan fingerprint density at radius 2 is 1.62 bits per heavy atom. The average molecular weight is 314 g/mol. The molecule has 21 heavy (non-hydrogen) atoms. The zero-order valence-corrected chi connectivity index (χ0v) is 12.6. The number of halogens is 1. The summed E-state index contributed by atoms with van der Waals surface area (Å²) in [7, 11) is 0. The molecular weight excluding hydrogens is 302 g/mol. The van der Waals surface area contributed by atoms with Gasteiger partial charge in [-0.2, -0.15) is 0 Å². The number of hydrogen-bond donors (Lipinski definition) is 1. The maximum atomic E-state index is 11.4. The minimum atomic E-state index is 0.633. The quantitative estimate of drug-likeness (QED) is 0.681. The molecular formula is C17H12ClNOS. The monoisotopic (exact) mass is 313 g/mol. The lowest BCUT2D eigenvalue weighted by Gasteiger charge is -2.04. The number of benzene rings is 2. The Balaban J connectivity index is 2.19. The number of carbonyl (C=O) groups is 1. The number of hydrogen-bond acceptors (Lipinski definition) is 3. The number of aldehydes is 1. The Hall–Kier alpha value is -2.10. The van der Waals surface area contributed by atoms with Crippen molar-refractivity contribution in [1.29, 1.82) is 0 Å². The Labute approximate surface area is 131 Å². The third-order valence-corrected chi connectivity index (χ3v) is 4.68. The summed E-state index contributed by atoms with van der Waals surface area (Å²) in [4.78, 5) is 12.9. The van der Waals surface area contributed by atoms with Gasteiger partial charge < -0.3 is 5.73 Å². The largest absolute Gasteiger partial charge is 0.397 e. The van der Waals surface area contributed by atoms with Crippen LogP contribution in [-0.2, 0) is 0 Å². The van der Waals surface area contributed by atoms with Crippen LogP contribution in [0.15, 0.2) is 54.6 Å². The SMILES string of the molecule is Nc1c(-c2ccccc2)sc(C=O)c1-c1ccc(Cl)cc1. The second kappa shape index (κ2) is 5.72. The molecule has 1 heterocycles. The number of carbonyl (C=O) groups excluding carboxylic acids is 1. The van der Waals surface area contributed by atoms with E-state index in [1.807, 2.05) is 42.5 Å². The summed E-state index contributed by atoms with van der Waals surface area (Å²) in [6, 6.07) is 17.2. The summed E-state index contributed by atoms with van der Waals surface area (Å²) in [5, 5.41) is 0.656. The Kier molecular flexibility index (Phi) is 3.78. The molecule has 0 saturated carbocycles. The van der Waals surface area contributed by atoms with Crippen LogP contribution in [0.1, 0.15) is 9.67 Å². The van der Waals surface area contributed by atoms with Crippen LogP contribution in [0.3, 0.4) is 0 Å². The molecule has 0 fully saturated rings. The van der Waals surface area contributed by atoms with E-state index in [9.17, 15) is 4.79 Å². The first-order valence-electron chi connectivity index (χ1n) is 6.39. The van der Waals surface area contributed by atoms with Gasteiger partial charge in [0.1, 0.15) is 0 Å². The molecule has 0 radical (unpaired) electrons. The Morgan fingerprint density at radius 3 is 2.24 bits per heavy atom. The number of anilines is 1. The van der Waals surface area contributed by atoms with Gasteiger partial charge in [0.05, 0.1) is 15.4 Å². The van der Waals surface area contributed by atoms with Gasteiger partial charge in [-0.1, -0.05) is 54.1 Å². The van der Waals surface area contributed by atoms with E-state index in [1.54, 1.807) is 12.1 Å². The summed E-state index contributed by atoms with van der Waals surface area (Å²) in [6.07, 6.45) is 0.859. The first-order valence-corrected chi connectivity index (χ1v) is 7.59. The van der Waals surface area contributed by atoms with Crippen LogP contribution in [0, 0.1) is 0 Å². The zero-order valence-electron chi connectivity index (χ0n) is 11.0. The lowest BCUT2D eigenvalue weighted by molar-refractivity contribution is 0.112. The van der Waals surface area contributed by atoms with E-state index in [4.69, 9.17) is 17.3 Å². The molecule has 104 valence electrons. The summed E-state index contributed by atoms with van der Waals surface area (Å²) in [5.41, 5.74) is 9.64. The minimum Gasteiger partial charge on any atom is -0.397 e. The van der Waals surface area contributed by atoms with Gasteiger partial charge in [0, 0.05) is 10.6 Å². The molecule has 0 spiro atoms. The summed E-state index contributed by atoms with van der Waals surface area (Å²) in [5.74, 6) is 0. The molecule has 0 aliphatic rings. The predicted octanol–water partition coefficient (Wildman–Crippen LogP) is 5.13. The van der Waals surface area contributed by atoms with Crippen molar-refractivity contribution >= 4 is 34.9 Å². The Bertz CT molecular complexity index is 779. The lowest BCUT2D eigenvalue weighted by atomic mass is 10.0. The second-order valence-corrected chi connectivity index (χ2v) is 6.06. The molecule has 2 N–H and O–H groups in total. The van der Waals surface area contributed by atoms with Crippen LogP contribution in [0.4, 0.5) is 5.69 Å². The molecule has 0 saturated heterocycles. The topological polar surface area (TPSA) is 43.1 Å². The highest BCUT2D eigenvalue weighted by Crippen LogP contribution is 2.43. The standard InChI is InChI=1S/C17H12ClNOS/c18-13-8-6-11(7-9-13)15-14(10-20)21-17(16(15)19)12-4-2-1-3-5-12/h1-10H,19H2. The first kappa shape index (κ1) is 13.9.